The van der Waals surface area contributed by atoms with Gasteiger partial charge in [-0.05, 0) is 30.2 Å². The zero-order valence-electron chi connectivity index (χ0n) is 12.9. The number of H-pyrrole nitrogens is 1. The second-order valence-electron chi connectivity index (χ2n) is 5.50. The maximum atomic E-state index is 12.6. The van der Waals surface area contributed by atoms with Gasteiger partial charge < -0.3 is 10.3 Å². The molecule has 0 atom stereocenters. The van der Waals surface area contributed by atoms with E-state index in [1.807, 2.05) is 54.7 Å². The number of hydrogen-bond donors (Lipinski definition) is 2. The van der Waals surface area contributed by atoms with E-state index >= 15 is 0 Å². The molecular weight excluding hydrogens is 288 g/mol. The molecular formula is C19H18N2O2. The number of carbonyl (C=O) groups excluding carboxylic acids is 2. The van der Waals surface area contributed by atoms with Crippen LogP contribution < -0.4 is 5.32 Å². The molecule has 0 unspecified atom stereocenters. The molecule has 1 heterocycles. The minimum Gasteiger partial charge on any atom is -0.361 e. The van der Waals surface area contributed by atoms with Crippen molar-refractivity contribution in [2.45, 2.75) is 13.3 Å². The first-order valence-electron chi connectivity index (χ1n) is 7.59. The molecule has 2 N–H and O–H groups in total. The smallest absolute Gasteiger partial charge is 0.216 e. The van der Waals surface area contributed by atoms with Gasteiger partial charge in [-0.15, -0.1) is 0 Å². The SMILES string of the molecule is CC(=O)NCCc1c[nH]c2ccc(C(=O)c3ccccc3)cc12. The van der Waals surface area contributed by atoms with E-state index in [9.17, 15) is 9.59 Å². The molecule has 0 aliphatic heterocycles. The van der Waals surface area contributed by atoms with E-state index in [1.54, 1.807) is 0 Å². The van der Waals surface area contributed by atoms with Crippen molar-refractivity contribution in [2.75, 3.05) is 6.54 Å². The third-order valence-corrected chi connectivity index (χ3v) is 3.83. The third-order valence-electron chi connectivity index (χ3n) is 3.83. The summed E-state index contributed by atoms with van der Waals surface area (Å²) in [5.74, 6) is -0.0219. The molecule has 1 amide bonds. The van der Waals surface area contributed by atoms with E-state index in [4.69, 9.17) is 0 Å². The van der Waals surface area contributed by atoms with Gasteiger partial charge in [0.15, 0.2) is 5.78 Å². The van der Waals surface area contributed by atoms with Gasteiger partial charge in [0.1, 0.15) is 0 Å². The van der Waals surface area contributed by atoms with Crippen molar-refractivity contribution in [1.82, 2.24) is 10.3 Å². The number of carbonyl (C=O) groups is 2. The normalized spacial score (nSPS) is 10.7. The lowest BCUT2D eigenvalue weighted by atomic mass is 10.0. The van der Waals surface area contributed by atoms with Crippen LogP contribution in [0.3, 0.4) is 0 Å². The lowest BCUT2D eigenvalue weighted by Gasteiger charge is -2.04. The first-order valence-corrected chi connectivity index (χ1v) is 7.59. The summed E-state index contributed by atoms with van der Waals surface area (Å²) in [6.07, 6.45) is 2.66. The van der Waals surface area contributed by atoms with Crippen molar-refractivity contribution < 1.29 is 9.59 Å². The molecule has 0 fully saturated rings. The topological polar surface area (TPSA) is 62.0 Å². The minimum atomic E-state index is -0.0372. The van der Waals surface area contributed by atoms with Gasteiger partial charge in [-0.25, -0.2) is 0 Å². The van der Waals surface area contributed by atoms with E-state index in [1.165, 1.54) is 6.92 Å². The molecule has 0 spiro atoms. The number of amides is 1. The summed E-state index contributed by atoms with van der Waals surface area (Å²) in [6, 6.07) is 14.9. The molecule has 4 nitrogen and oxygen atoms in total. The Hall–Kier alpha value is -2.88. The van der Waals surface area contributed by atoms with Crippen molar-refractivity contribution in [3.05, 3.63) is 71.4 Å². The largest absolute Gasteiger partial charge is 0.361 e. The van der Waals surface area contributed by atoms with Gasteiger partial charge in [0.05, 0.1) is 0 Å². The molecule has 0 aliphatic carbocycles. The van der Waals surface area contributed by atoms with Crippen molar-refractivity contribution in [3.8, 4) is 0 Å². The Bertz CT molecular complexity index is 850. The maximum Gasteiger partial charge on any atom is 0.216 e. The fourth-order valence-electron chi connectivity index (χ4n) is 2.66. The number of hydrogen-bond acceptors (Lipinski definition) is 2. The molecule has 0 saturated heterocycles. The molecule has 116 valence electrons. The highest BCUT2D eigenvalue weighted by atomic mass is 16.1. The predicted molar refractivity (Wildman–Crippen MR) is 90.6 cm³/mol. The van der Waals surface area contributed by atoms with Crippen molar-refractivity contribution in [3.63, 3.8) is 0 Å². The number of ketones is 1. The summed E-state index contributed by atoms with van der Waals surface area (Å²) in [7, 11) is 0. The summed E-state index contributed by atoms with van der Waals surface area (Å²) in [6.45, 7) is 2.09. The first kappa shape index (κ1) is 15.0. The van der Waals surface area contributed by atoms with Crippen LogP contribution in [0.1, 0.15) is 28.4 Å². The molecule has 0 bridgehead atoms. The average molecular weight is 306 g/mol. The van der Waals surface area contributed by atoms with Gasteiger partial charge in [-0.1, -0.05) is 30.3 Å². The number of benzene rings is 2. The van der Waals surface area contributed by atoms with Crippen LogP contribution >= 0.6 is 0 Å². The lowest BCUT2D eigenvalue weighted by molar-refractivity contribution is -0.118. The molecule has 0 saturated carbocycles. The molecule has 3 aromatic rings. The highest BCUT2D eigenvalue weighted by Crippen LogP contribution is 2.22. The first-order chi connectivity index (χ1) is 11.1. The lowest BCUT2D eigenvalue weighted by Crippen LogP contribution is -2.22. The standard InChI is InChI=1S/C19H18N2O2/c1-13(22)20-10-9-16-12-21-18-8-7-15(11-17(16)18)19(23)14-5-3-2-4-6-14/h2-8,11-12,21H,9-10H2,1H3,(H,20,22). The Balaban J connectivity index is 1.88. The highest BCUT2D eigenvalue weighted by Gasteiger charge is 2.11. The highest BCUT2D eigenvalue weighted by molar-refractivity contribution is 6.10. The van der Waals surface area contributed by atoms with E-state index in [2.05, 4.69) is 10.3 Å². The summed E-state index contributed by atoms with van der Waals surface area (Å²) in [4.78, 5) is 26.7. The van der Waals surface area contributed by atoms with Crippen molar-refractivity contribution >= 4 is 22.6 Å². The maximum absolute atomic E-state index is 12.6. The molecule has 2 aromatic carbocycles. The van der Waals surface area contributed by atoms with Gasteiger partial charge in [0, 0.05) is 41.7 Å². The van der Waals surface area contributed by atoms with Gasteiger partial charge in [0.25, 0.3) is 0 Å². The van der Waals surface area contributed by atoms with Crippen LogP contribution in [0.5, 0.6) is 0 Å². The van der Waals surface area contributed by atoms with Gasteiger partial charge in [0.2, 0.25) is 5.91 Å². The van der Waals surface area contributed by atoms with Gasteiger partial charge in [-0.2, -0.15) is 0 Å². The molecule has 23 heavy (non-hydrogen) atoms. The van der Waals surface area contributed by atoms with Gasteiger partial charge >= 0.3 is 0 Å². The Labute approximate surface area is 134 Å². The number of nitrogens with one attached hydrogen (secondary N) is 2. The molecule has 3 rings (SSSR count). The number of rotatable bonds is 5. The number of fused-ring (bicyclic) bond motifs is 1. The number of aromatic nitrogens is 1. The fourth-order valence-corrected chi connectivity index (χ4v) is 2.66. The van der Waals surface area contributed by atoms with E-state index < -0.39 is 0 Å². The average Bonchev–Trinajstić information content (AvgIpc) is 2.97. The van der Waals surface area contributed by atoms with Crippen LogP contribution in [0.25, 0.3) is 10.9 Å². The van der Waals surface area contributed by atoms with Crippen LogP contribution in [-0.4, -0.2) is 23.2 Å². The van der Waals surface area contributed by atoms with E-state index in [-0.39, 0.29) is 11.7 Å². The minimum absolute atomic E-state index is 0.0153. The zero-order valence-corrected chi connectivity index (χ0v) is 12.9. The van der Waals surface area contributed by atoms with E-state index in [0.29, 0.717) is 17.7 Å². The van der Waals surface area contributed by atoms with Crippen LogP contribution in [0.15, 0.2) is 54.7 Å². The van der Waals surface area contributed by atoms with Crippen molar-refractivity contribution in [2.24, 2.45) is 0 Å². The monoisotopic (exact) mass is 306 g/mol. The summed E-state index contributed by atoms with van der Waals surface area (Å²) in [5.41, 5.74) is 3.44. The Morgan fingerprint density at radius 2 is 1.83 bits per heavy atom. The summed E-state index contributed by atoms with van der Waals surface area (Å²) < 4.78 is 0. The second kappa shape index (κ2) is 6.48. The predicted octanol–water partition coefficient (Wildman–Crippen LogP) is 3.08. The van der Waals surface area contributed by atoms with Crippen LogP contribution in [0.2, 0.25) is 0 Å². The van der Waals surface area contributed by atoms with Crippen LogP contribution in [0, 0.1) is 0 Å². The summed E-state index contributed by atoms with van der Waals surface area (Å²) in [5, 5.41) is 3.82. The molecule has 1 aromatic heterocycles. The molecule has 0 radical (unpaired) electrons. The Morgan fingerprint density at radius 1 is 1.04 bits per heavy atom. The van der Waals surface area contributed by atoms with Crippen LogP contribution in [0.4, 0.5) is 0 Å². The zero-order chi connectivity index (χ0) is 16.2. The third kappa shape index (κ3) is 3.31. The summed E-state index contributed by atoms with van der Waals surface area (Å²) >= 11 is 0. The second-order valence-corrected chi connectivity index (χ2v) is 5.50. The van der Waals surface area contributed by atoms with Crippen molar-refractivity contribution in [1.29, 1.82) is 0 Å². The Morgan fingerprint density at radius 3 is 2.57 bits per heavy atom. The number of aromatic amines is 1. The molecule has 0 aliphatic rings. The van der Waals surface area contributed by atoms with Crippen LogP contribution in [-0.2, 0) is 11.2 Å². The van der Waals surface area contributed by atoms with E-state index in [0.717, 1.165) is 22.9 Å². The fraction of sp³-hybridized carbons (Fsp3) is 0.158. The quantitative estimate of drug-likeness (QED) is 0.712. The van der Waals surface area contributed by atoms with Gasteiger partial charge in [-0.3, -0.25) is 9.59 Å². The Kier molecular flexibility index (Phi) is 4.24. The molecule has 4 heteroatoms.